The first-order chi connectivity index (χ1) is 18.4. The first-order valence-corrected chi connectivity index (χ1v) is 13.5. The highest BCUT2D eigenvalue weighted by molar-refractivity contribution is 7.19. The van der Waals surface area contributed by atoms with E-state index < -0.39 is 11.8 Å². The molecule has 3 heterocycles. The average Bonchev–Trinajstić information content (AvgIpc) is 3.50. The fraction of sp³-hybridized carbons (Fsp3) is 0.0690. The Labute approximate surface area is 226 Å². The van der Waals surface area contributed by atoms with Crippen LogP contribution in [0.5, 0.6) is 0 Å². The molecule has 0 unspecified atom stereocenters. The van der Waals surface area contributed by atoms with Crippen LogP contribution in [0.4, 0.5) is 26.4 Å². The van der Waals surface area contributed by atoms with Crippen LogP contribution in [0.25, 0.3) is 42.6 Å². The molecule has 38 heavy (non-hydrogen) atoms. The third kappa shape index (κ3) is 4.46. The first-order valence-electron chi connectivity index (χ1n) is 11.8. The van der Waals surface area contributed by atoms with Gasteiger partial charge in [-0.3, -0.25) is 0 Å². The first kappa shape index (κ1) is 24.0. The fourth-order valence-electron chi connectivity index (χ4n) is 4.45. The van der Waals surface area contributed by atoms with Gasteiger partial charge in [0.2, 0.25) is 0 Å². The molecule has 0 aliphatic carbocycles. The number of nitrogen functional groups attached to an aromatic ring is 1. The van der Waals surface area contributed by atoms with E-state index in [0.29, 0.717) is 11.5 Å². The van der Waals surface area contributed by atoms with Gasteiger partial charge < -0.3 is 16.4 Å². The lowest BCUT2D eigenvalue weighted by Crippen LogP contribution is -2.20. The van der Waals surface area contributed by atoms with Crippen molar-refractivity contribution in [2.24, 2.45) is 0 Å². The smallest absolute Gasteiger partial charge is 0.323 e. The van der Waals surface area contributed by atoms with Crippen molar-refractivity contribution in [3.8, 4) is 22.3 Å². The Bertz CT molecular complexity index is 1840. The van der Waals surface area contributed by atoms with Gasteiger partial charge in [-0.05, 0) is 72.3 Å². The second kappa shape index (κ2) is 9.51. The number of amides is 2. The zero-order chi connectivity index (χ0) is 26.4. The van der Waals surface area contributed by atoms with Gasteiger partial charge in [-0.15, -0.1) is 22.7 Å². The maximum Gasteiger partial charge on any atom is 0.323 e. The third-order valence-electron chi connectivity index (χ3n) is 6.25. The van der Waals surface area contributed by atoms with Gasteiger partial charge in [0.25, 0.3) is 0 Å². The van der Waals surface area contributed by atoms with Crippen molar-refractivity contribution >= 4 is 66.2 Å². The van der Waals surface area contributed by atoms with Crippen molar-refractivity contribution in [1.29, 1.82) is 0 Å². The quantitative estimate of drug-likeness (QED) is 0.210. The zero-order valence-corrected chi connectivity index (χ0v) is 22.1. The number of halogens is 1. The van der Waals surface area contributed by atoms with Crippen LogP contribution in [-0.2, 0) is 0 Å². The standard InChI is InChI=1S/C29H22FN5OS2/c1-15-3-9-22(30)23(11-15)35-29(36)34-19-7-4-17(5-8-19)21-14-37-27-20(13-32-28(31)26(21)27)18-6-10-25-24(12-18)33-16(2)38-25/h3-14H,1-2H3,(H2,31,32)(H2,34,35,36). The van der Waals surface area contributed by atoms with E-state index in [0.717, 1.165) is 53.1 Å². The molecule has 0 bridgehead atoms. The van der Waals surface area contributed by atoms with Crippen LogP contribution in [0.15, 0.2) is 72.2 Å². The summed E-state index contributed by atoms with van der Waals surface area (Å²) in [5, 5.41) is 9.32. The van der Waals surface area contributed by atoms with Gasteiger partial charge in [0.1, 0.15) is 11.6 Å². The fourth-order valence-corrected chi connectivity index (χ4v) is 6.38. The normalized spacial score (nSPS) is 11.2. The topological polar surface area (TPSA) is 92.9 Å². The summed E-state index contributed by atoms with van der Waals surface area (Å²) >= 11 is 3.30. The highest BCUT2D eigenvalue weighted by Gasteiger charge is 2.16. The largest absolute Gasteiger partial charge is 0.383 e. The molecule has 6 aromatic rings. The molecule has 0 atom stereocenters. The Kier molecular flexibility index (Phi) is 6.01. The zero-order valence-electron chi connectivity index (χ0n) is 20.5. The van der Waals surface area contributed by atoms with E-state index in [1.165, 1.54) is 6.07 Å². The van der Waals surface area contributed by atoms with Crippen LogP contribution in [0.3, 0.4) is 0 Å². The van der Waals surface area contributed by atoms with Gasteiger partial charge in [-0.2, -0.15) is 0 Å². The molecule has 2 amide bonds. The Morgan fingerprint density at radius 1 is 0.947 bits per heavy atom. The van der Waals surface area contributed by atoms with Crippen LogP contribution in [0.1, 0.15) is 10.6 Å². The van der Waals surface area contributed by atoms with Crippen LogP contribution in [0, 0.1) is 19.7 Å². The number of urea groups is 1. The summed E-state index contributed by atoms with van der Waals surface area (Å²) in [7, 11) is 0. The molecule has 0 radical (unpaired) electrons. The average molecular weight is 540 g/mol. The number of anilines is 3. The predicted octanol–water partition coefficient (Wildman–Crippen LogP) is 8.22. The Morgan fingerprint density at radius 3 is 2.55 bits per heavy atom. The molecule has 0 saturated heterocycles. The van der Waals surface area contributed by atoms with Crippen LogP contribution in [-0.4, -0.2) is 16.0 Å². The highest BCUT2D eigenvalue weighted by atomic mass is 32.1. The molecular weight excluding hydrogens is 517 g/mol. The number of rotatable bonds is 4. The Hall–Kier alpha value is -4.34. The molecule has 6 rings (SSSR count). The number of nitrogens with one attached hydrogen (secondary N) is 2. The summed E-state index contributed by atoms with van der Waals surface area (Å²) in [6, 6.07) is 17.8. The number of nitrogens with two attached hydrogens (primary N) is 1. The molecule has 9 heteroatoms. The van der Waals surface area contributed by atoms with E-state index in [1.54, 1.807) is 46.9 Å². The summed E-state index contributed by atoms with van der Waals surface area (Å²) in [5.41, 5.74) is 12.9. The molecule has 0 saturated carbocycles. The molecule has 188 valence electrons. The van der Waals surface area contributed by atoms with Crippen molar-refractivity contribution in [3.05, 3.63) is 88.6 Å². The molecule has 0 aliphatic rings. The number of benzene rings is 3. The number of thiophene rings is 1. The number of nitrogens with zero attached hydrogens (tertiary/aromatic N) is 2. The predicted molar refractivity (Wildman–Crippen MR) is 157 cm³/mol. The minimum Gasteiger partial charge on any atom is -0.383 e. The van der Waals surface area contributed by atoms with Gasteiger partial charge >= 0.3 is 6.03 Å². The number of carbonyl (C=O) groups excluding carboxylic acids is 1. The summed E-state index contributed by atoms with van der Waals surface area (Å²) in [5.74, 6) is -0.0232. The van der Waals surface area contributed by atoms with E-state index in [2.05, 4.69) is 44.2 Å². The lowest BCUT2D eigenvalue weighted by Gasteiger charge is -2.10. The second-order valence-corrected chi connectivity index (χ2v) is 11.1. The summed E-state index contributed by atoms with van der Waals surface area (Å²) in [6.45, 7) is 3.84. The maximum atomic E-state index is 14.0. The molecule has 6 nitrogen and oxygen atoms in total. The Morgan fingerprint density at radius 2 is 1.74 bits per heavy atom. The minimum absolute atomic E-state index is 0.131. The SMILES string of the molecule is Cc1ccc(F)c(NC(=O)Nc2ccc(-c3csc4c(-c5ccc6sc(C)nc6c5)cnc(N)c34)cc2)c1. The summed E-state index contributed by atoms with van der Waals surface area (Å²) < 4.78 is 16.2. The highest BCUT2D eigenvalue weighted by Crippen LogP contribution is 2.42. The van der Waals surface area contributed by atoms with Crippen molar-refractivity contribution in [2.45, 2.75) is 13.8 Å². The van der Waals surface area contributed by atoms with E-state index in [9.17, 15) is 9.18 Å². The number of pyridine rings is 1. The lowest BCUT2D eigenvalue weighted by molar-refractivity contribution is 0.262. The van der Waals surface area contributed by atoms with E-state index in [1.807, 2.05) is 32.2 Å². The summed E-state index contributed by atoms with van der Waals surface area (Å²) in [6.07, 6.45) is 1.82. The number of fused-ring (bicyclic) bond motifs is 2. The molecule has 3 aromatic carbocycles. The van der Waals surface area contributed by atoms with Crippen molar-refractivity contribution < 1.29 is 9.18 Å². The Balaban J connectivity index is 1.28. The molecule has 4 N–H and O–H groups in total. The van der Waals surface area contributed by atoms with Gasteiger partial charge in [0.15, 0.2) is 0 Å². The number of thiazole rings is 1. The molecule has 0 aliphatic heterocycles. The number of carbonyl (C=O) groups is 1. The lowest BCUT2D eigenvalue weighted by atomic mass is 10.0. The van der Waals surface area contributed by atoms with Gasteiger partial charge in [0, 0.05) is 33.1 Å². The summed E-state index contributed by atoms with van der Waals surface area (Å²) in [4.78, 5) is 21.6. The van der Waals surface area contributed by atoms with Crippen LogP contribution < -0.4 is 16.4 Å². The second-order valence-electron chi connectivity index (χ2n) is 8.97. The maximum absolute atomic E-state index is 14.0. The van der Waals surface area contributed by atoms with Crippen molar-refractivity contribution in [3.63, 3.8) is 0 Å². The van der Waals surface area contributed by atoms with Gasteiger partial charge in [0.05, 0.1) is 20.9 Å². The molecule has 0 fully saturated rings. The van der Waals surface area contributed by atoms with Crippen LogP contribution in [0.2, 0.25) is 0 Å². The van der Waals surface area contributed by atoms with E-state index >= 15 is 0 Å². The van der Waals surface area contributed by atoms with E-state index in [4.69, 9.17) is 5.73 Å². The van der Waals surface area contributed by atoms with Crippen LogP contribution >= 0.6 is 22.7 Å². The third-order valence-corrected chi connectivity index (χ3v) is 8.22. The van der Waals surface area contributed by atoms with Crippen molar-refractivity contribution in [1.82, 2.24) is 9.97 Å². The minimum atomic E-state index is -0.520. The van der Waals surface area contributed by atoms with Gasteiger partial charge in [-0.25, -0.2) is 19.2 Å². The van der Waals surface area contributed by atoms with Crippen molar-refractivity contribution in [2.75, 3.05) is 16.4 Å². The number of aryl methyl sites for hydroxylation is 2. The van der Waals surface area contributed by atoms with E-state index in [-0.39, 0.29) is 5.69 Å². The molecule has 3 aromatic heterocycles. The number of hydrogen-bond donors (Lipinski definition) is 3. The number of hydrogen-bond acceptors (Lipinski definition) is 6. The monoisotopic (exact) mass is 539 g/mol. The number of aromatic nitrogens is 2. The molecular formula is C29H22FN5OS2. The molecule has 0 spiro atoms. The van der Waals surface area contributed by atoms with Gasteiger partial charge in [-0.1, -0.05) is 24.3 Å².